The molecule has 0 aliphatic heterocycles. The molecule has 0 fully saturated rings. The number of aromatic nitrogens is 2. The molecular formula is C9H14N2OS. The Morgan fingerprint density at radius 3 is 2.62 bits per heavy atom. The predicted octanol–water partition coefficient (Wildman–Crippen LogP) is 1.66. The van der Waals surface area contributed by atoms with Crippen LogP contribution < -0.4 is 5.69 Å². The first kappa shape index (κ1) is 9.92. The molecule has 0 spiro atoms. The summed E-state index contributed by atoms with van der Waals surface area (Å²) in [6.45, 7) is 0. The number of aromatic amines is 1. The third-order valence-electron chi connectivity index (χ3n) is 1.81. The van der Waals surface area contributed by atoms with Gasteiger partial charge in [0.15, 0.2) is 0 Å². The summed E-state index contributed by atoms with van der Waals surface area (Å²) >= 11 is 3.53. The van der Waals surface area contributed by atoms with Gasteiger partial charge in [0, 0.05) is 8.47 Å². The quantitative estimate of drug-likeness (QED) is 0.621. The first-order chi connectivity index (χ1) is 6.29. The highest BCUT2D eigenvalue weighted by atomic mass is 32.1. The molecule has 2 aromatic rings. The smallest absolute Gasteiger partial charge is 0.306 e. The number of nitrogens with zero attached hydrogens (tertiary/aromatic N) is 1. The van der Waals surface area contributed by atoms with Crippen LogP contribution in [-0.4, -0.2) is 15.8 Å². The molecule has 0 saturated heterocycles. The molecule has 0 aliphatic carbocycles. The third-order valence-corrected chi connectivity index (χ3v) is 1.81. The summed E-state index contributed by atoms with van der Waals surface area (Å²) < 4.78 is 1.59. The van der Waals surface area contributed by atoms with Crippen molar-refractivity contribution < 1.29 is 1.43 Å². The van der Waals surface area contributed by atoms with E-state index < -0.39 is 0 Å². The number of aryl methyl sites for hydroxylation is 1. The van der Waals surface area contributed by atoms with Gasteiger partial charge in [0.05, 0.1) is 11.0 Å². The first-order valence-corrected chi connectivity index (χ1v) is 4.77. The van der Waals surface area contributed by atoms with Gasteiger partial charge in [-0.1, -0.05) is 12.1 Å². The van der Waals surface area contributed by atoms with Gasteiger partial charge in [-0.25, -0.2) is 4.79 Å². The maximum Gasteiger partial charge on any atom is 0.326 e. The van der Waals surface area contributed by atoms with Crippen molar-refractivity contribution in [3.05, 3.63) is 34.7 Å². The summed E-state index contributed by atoms with van der Waals surface area (Å²) in [6, 6.07) is 7.61. The number of benzene rings is 1. The van der Waals surface area contributed by atoms with Crippen LogP contribution >= 0.6 is 12.6 Å². The molecule has 13 heavy (non-hydrogen) atoms. The van der Waals surface area contributed by atoms with Crippen LogP contribution in [0.1, 0.15) is 1.43 Å². The highest BCUT2D eigenvalue weighted by molar-refractivity contribution is 7.79. The van der Waals surface area contributed by atoms with Crippen molar-refractivity contribution >= 4 is 23.7 Å². The Morgan fingerprint density at radius 2 is 2.00 bits per heavy atom. The van der Waals surface area contributed by atoms with E-state index in [2.05, 4.69) is 17.6 Å². The molecule has 0 bridgehead atoms. The molecular weight excluding hydrogens is 184 g/mol. The van der Waals surface area contributed by atoms with E-state index in [0.717, 1.165) is 11.0 Å². The first-order valence-electron chi connectivity index (χ1n) is 3.87. The third kappa shape index (κ3) is 1.78. The van der Waals surface area contributed by atoms with Gasteiger partial charge >= 0.3 is 5.69 Å². The van der Waals surface area contributed by atoms with Gasteiger partial charge in [-0.2, -0.15) is 12.6 Å². The van der Waals surface area contributed by atoms with E-state index in [4.69, 9.17) is 0 Å². The van der Waals surface area contributed by atoms with E-state index in [1.54, 1.807) is 17.9 Å². The molecule has 0 unspecified atom stereocenters. The van der Waals surface area contributed by atoms with Crippen molar-refractivity contribution in [2.45, 2.75) is 0 Å². The lowest BCUT2D eigenvalue weighted by Gasteiger charge is -1.89. The Kier molecular flexibility index (Phi) is 3.19. The van der Waals surface area contributed by atoms with Crippen LogP contribution in [0.2, 0.25) is 0 Å². The summed E-state index contributed by atoms with van der Waals surface area (Å²) in [4.78, 5) is 13.8. The summed E-state index contributed by atoms with van der Waals surface area (Å²) in [6.07, 6.45) is 1.69. The van der Waals surface area contributed by atoms with Gasteiger partial charge < -0.3 is 4.98 Å². The van der Waals surface area contributed by atoms with Crippen LogP contribution in [0.4, 0.5) is 0 Å². The molecule has 0 saturated carbocycles. The Balaban J connectivity index is 0.000000531. The van der Waals surface area contributed by atoms with E-state index in [-0.39, 0.29) is 7.12 Å². The molecule has 0 radical (unpaired) electrons. The van der Waals surface area contributed by atoms with Gasteiger partial charge in [0.2, 0.25) is 0 Å². The molecule has 1 N–H and O–H groups in total. The second-order valence-corrected chi connectivity index (χ2v) is 2.51. The summed E-state index contributed by atoms with van der Waals surface area (Å²) in [5.41, 5.74) is 1.77. The lowest BCUT2D eigenvalue weighted by Crippen LogP contribution is -2.11. The Hall–Kier alpha value is -1.16. The SMILES string of the molecule is CS.Cn1c(=O)[nH]c2ccccc21.[HH]. The van der Waals surface area contributed by atoms with E-state index in [1.165, 1.54) is 0 Å². The van der Waals surface area contributed by atoms with Gasteiger partial charge in [-0.05, 0) is 18.4 Å². The number of fused-ring (bicyclic) bond motifs is 1. The molecule has 0 amide bonds. The average Bonchev–Trinajstić information content (AvgIpc) is 2.47. The highest BCUT2D eigenvalue weighted by Crippen LogP contribution is 2.06. The van der Waals surface area contributed by atoms with Crippen molar-refractivity contribution in [1.82, 2.24) is 9.55 Å². The number of nitrogens with one attached hydrogen (secondary N) is 1. The highest BCUT2D eigenvalue weighted by Gasteiger charge is 1.98. The van der Waals surface area contributed by atoms with Crippen molar-refractivity contribution in [2.75, 3.05) is 6.26 Å². The molecule has 72 valence electrons. The van der Waals surface area contributed by atoms with Crippen molar-refractivity contribution in [3.8, 4) is 0 Å². The summed E-state index contributed by atoms with van der Waals surface area (Å²) in [7, 11) is 1.75. The summed E-state index contributed by atoms with van der Waals surface area (Å²) in [5.74, 6) is 0. The van der Waals surface area contributed by atoms with Crippen LogP contribution in [0.15, 0.2) is 29.1 Å². The molecule has 3 nitrogen and oxygen atoms in total. The minimum Gasteiger partial charge on any atom is -0.306 e. The number of imidazole rings is 1. The molecule has 0 atom stereocenters. The van der Waals surface area contributed by atoms with Crippen molar-refractivity contribution in [3.63, 3.8) is 0 Å². The second kappa shape index (κ2) is 4.18. The number of hydrogen-bond acceptors (Lipinski definition) is 2. The Bertz CT molecular complexity index is 449. The standard InChI is InChI=1S/C8H8N2O.CH4S.H2/c1-10-7-5-3-2-4-6(7)9-8(10)11;1-2;/h2-5H,1H3,(H,9,11);2H,1H3;1H. The van der Waals surface area contributed by atoms with Gasteiger partial charge in [0.25, 0.3) is 0 Å². The lowest BCUT2D eigenvalue weighted by molar-refractivity contribution is 0.891. The van der Waals surface area contributed by atoms with Crippen LogP contribution in [-0.2, 0) is 7.05 Å². The Labute approximate surface area is 83.3 Å². The van der Waals surface area contributed by atoms with Gasteiger partial charge in [-0.15, -0.1) is 0 Å². The van der Waals surface area contributed by atoms with E-state index in [0.29, 0.717) is 0 Å². The number of H-pyrrole nitrogens is 1. The number of thiol groups is 1. The van der Waals surface area contributed by atoms with Crippen LogP contribution in [0.3, 0.4) is 0 Å². The minimum atomic E-state index is -0.0637. The number of para-hydroxylation sites is 2. The van der Waals surface area contributed by atoms with Crippen molar-refractivity contribution in [2.24, 2.45) is 7.05 Å². The molecule has 2 rings (SSSR count). The zero-order valence-electron chi connectivity index (χ0n) is 7.61. The predicted molar refractivity (Wildman–Crippen MR) is 60.6 cm³/mol. The summed E-state index contributed by atoms with van der Waals surface area (Å²) in [5, 5.41) is 0. The topological polar surface area (TPSA) is 37.8 Å². The largest absolute Gasteiger partial charge is 0.326 e. The minimum absolute atomic E-state index is 0. The van der Waals surface area contributed by atoms with Crippen LogP contribution in [0, 0.1) is 0 Å². The van der Waals surface area contributed by atoms with Crippen molar-refractivity contribution in [1.29, 1.82) is 0 Å². The maximum absolute atomic E-state index is 11.0. The van der Waals surface area contributed by atoms with Gasteiger partial charge in [-0.3, -0.25) is 4.57 Å². The fourth-order valence-corrected chi connectivity index (χ4v) is 1.18. The van der Waals surface area contributed by atoms with Crippen LogP contribution in [0.25, 0.3) is 11.0 Å². The maximum atomic E-state index is 11.0. The van der Waals surface area contributed by atoms with E-state index in [9.17, 15) is 4.79 Å². The van der Waals surface area contributed by atoms with Gasteiger partial charge in [0.1, 0.15) is 0 Å². The normalized spacial score (nSPS) is 9.46. The zero-order chi connectivity index (χ0) is 9.84. The Morgan fingerprint density at radius 1 is 1.38 bits per heavy atom. The fourth-order valence-electron chi connectivity index (χ4n) is 1.18. The average molecular weight is 198 g/mol. The zero-order valence-corrected chi connectivity index (χ0v) is 8.51. The van der Waals surface area contributed by atoms with E-state index in [1.807, 2.05) is 24.3 Å². The molecule has 0 aliphatic rings. The lowest BCUT2D eigenvalue weighted by atomic mass is 10.3. The monoisotopic (exact) mass is 198 g/mol. The van der Waals surface area contributed by atoms with Crippen LogP contribution in [0.5, 0.6) is 0 Å². The fraction of sp³-hybridized carbons (Fsp3) is 0.222. The molecule has 1 aromatic heterocycles. The van der Waals surface area contributed by atoms with E-state index >= 15 is 0 Å². The molecule has 4 heteroatoms. The number of rotatable bonds is 0. The second-order valence-electron chi connectivity index (χ2n) is 2.51. The molecule has 1 heterocycles. The number of hydrogen-bond donors (Lipinski definition) is 2. The molecule has 1 aromatic carbocycles.